The van der Waals surface area contributed by atoms with Crippen molar-refractivity contribution in [3.63, 3.8) is 0 Å². The maximum Gasteiger partial charge on any atom is 1.00 e. The minimum atomic E-state index is -5.51. The monoisotopic (exact) mass is 609 g/mol. The molecule has 226 valence electrons. The molecule has 0 amide bonds. The van der Waals surface area contributed by atoms with Crippen molar-refractivity contribution in [3.05, 3.63) is 0 Å². The third kappa shape index (κ3) is 34.4. The fourth-order valence-electron chi connectivity index (χ4n) is 2.59. The first-order valence-electron chi connectivity index (χ1n) is 11.8. The first-order chi connectivity index (χ1) is 17.8. The van der Waals surface area contributed by atoms with Crippen LogP contribution in [0.25, 0.3) is 0 Å². The van der Waals surface area contributed by atoms with Crippen molar-refractivity contribution in [2.75, 3.05) is 6.61 Å². The van der Waals surface area contributed by atoms with Gasteiger partial charge < -0.3 is 34.5 Å². The number of rotatable bonds is 15. The number of esters is 2. The second-order valence-electron chi connectivity index (χ2n) is 7.27. The molecular formula is C28H54NNa2O8P. The molecule has 0 radical (unpaired) electrons. The van der Waals surface area contributed by atoms with Crippen molar-refractivity contribution < 1.29 is 113 Å². The zero-order chi connectivity index (χ0) is 27.6. The van der Waals surface area contributed by atoms with Gasteiger partial charge in [0.05, 0.1) is 7.82 Å². The summed E-state index contributed by atoms with van der Waals surface area (Å²) >= 11 is 0. The minimum absolute atomic E-state index is 0. The van der Waals surface area contributed by atoms with Gasteiger partial charge in [-0.2, -0.15) is 0 Å². The first kappa shape index (κ1) is 45.4. The van der Waals surface area contributed by atoms with E-state index >= 15 is 0 Å². The molecule has 0 saturated heterocycles. The Morgan fingerprint density at radius 2 is 1.23 bits per heavy atom. The number of carbonyl (C=O) groups excluding carboxylic acids is 2. The summed E-state index contributed by atoms with van der Waals surface area (Å²) < 4.78 is 24.6. The molecule has 9 nitrogen and oxygen atoms in total. The normalized spacial score (nSPS) is 9.10. The Balaban J connectivity index is -0.0000000712. The number of phosphoric acid groups is 1. The molecule has 0 bridgehead atoms. The second-order valence-corrected chi connectivity index (χ2v) is 8.38. The molecule has 0 aromatic rings. The molecule has 0 aromatic heterocycles. The zero-order valence-electron chi connectivity index (χ0n) is 23.8. The number of hydrogen-bond donors (Lipinski definition) is 1. The number of unbranched alkanes of at least 4 members (excludes halogenated alkanes) is 8. The summed E-state index contributed by atoms with van der Waals surface area (Å²) in [7, 11) is -5.51. The van der Waals surface area contributed by atoms with Crippen molar-refractivity contribution in [3.8, 4) is 71.0 Å². The molecule has 1 atom stereocenters. The third-order valence-electron chi connectivity index (χ3n) is 4.20. The molecule has 0 aliphatic rings. The molecule has 0 aromatic carbocycles. The Hall–Kier alpha value is -1.63. The zero-order valence-corrected chi connectivity index (χ0v) is 28.7. The average molecular weight is 610 g/mol. The van der Waals surface area contributed by atoms with Gasteiger partial charge in [0, 0.05) is 28.0 Å². The van der Waals surface area contributed by atoms with E-state index in [9.17, 15) is 23.9 Å². The van der Waals surface area contributed by atoms with Crippen LogP contribution in [0.2, 0.25) is 0 Å². The minimum Gasteiger partial charge on any atom is -0.790 e. The Morgan fingerprint density at radius 3 is 1.70 bits per heavy atom. The van der Waals surface area contributed by atoms with Crippen molar-refractivity contribution in [1.29, 1.82) is 0 Å². The summed E-state index contributed by atoms with van der Waals surface area (Å²) in [5.74, 6) is 26.5. The maximum atomic E-state index is 12.0. The standard InChI is InChI=1S/C28H31O8P.H3N.2Na.11H2/c1-3-5-7-9-11-13-14-16-17-19-21-23-26(29)34-25-28(36-37(31,32)33)35-27(30)24-22-20-18-15-12-10-8-6-4-2;;;;;;;;;;;;;;/h28H,4,6,8,10,12,15,18,20,22,24-25H2,1-2H3,(H2,31,32,33);1H3;;;11*1H/q;;2*+1;;;;;;;;;;;/p-2/t28-;;;;;;;;;;;;;;/m1............../s1. The van der Waals surface area contributed by atoms with Crippen LogP contribution in [-0.2, 0) is 28.2 Å². The fraction of sp³-hybridized carbons (Fsp3) is 0.500. The van der Waals surface area contributed by atoms with Crippen LogP contribution >= 0.6 is 7.82 Å². The molecule has 0 fully saturated rings. The molecule has 0 aliphatic carbocycles. The maximum absolute atomic E-state index is 12.0. The first-order valence-corrected chi connectivity index (χ1v) is 13.2. The van der Waals surface area contributed by atoms with Gasteiger partial charge in [0.15, 0.2) is 6.61 Å². The van der Waals surface area contributed by atoms with Gasteiger partial charge in [0.25, 0.3) is 0 Å². The molecule has 0 heterocycles. The van der Waals surface area contributed by atoms with Crippen molar-refractivity contribution >= 4 is 19.8 Å². The van der Waals surface area contributed by atoms with Crippen LogP contribution in [0.15, 0.2) is 0 Å². The van der Waals surface area contributed by atoms with Gasteiger partial charge in [0.2, 0.25) is 6.29 Å². The second kappa shape index (κ2) is 31.9. The SMILES string of the molecule is CC#CC#CC#CC#CC#CC#CC(=O)OC[C@H](OC(=O)CCCCCCCCCCC)OP(=O)([O-])[O-].N.[HH].[HH].[HH].[HH].[HH].[HH].[HH].[HH].[HH].[HH].[HH].[Na+].[Na+]. The van der Waals surface area contributed by atoms with E-state index in [0.717, 1.165) is 25.7 Å². The predicted molar refractivity (Wildman–Crippen MR) is 162 cm³/mol. The third-order valence-corrected chi connectivity index (χ3v) is 4.69. The van der Waals surface area contributed by atoms with Crippen molar-refractivity contribution in [1.82, 2.24) is 6.15 Å². The van der Waals surface area contributed by atoms with Crippen LogP contribution in [0.4, 0.5) is 0 Å². The van der Waals surface area contributed by atoms with Gasteiger partial charge in [-0.05, 0) is 72.5 Å². The molecule has 12 heteroatoms. The molecule has 0 spiro atoms. The molecule has 0 saturated carbocycles. The van der Waals surface area contributed by atoms with Gasteiger partial charge in [-0.25, -0.2) is 4.79 Å². The molecule has 3 N–H and O–H groups in total. The van der Waals surface area contributed by atoms with E-state index in [2.05, 4.69) is 81.3 Å². The van der Waals surface area contributed by atoms with Crippen LogP contribution in [0.5, 0.6) is 0 Å². The van der Waals surface area contributed by atoms with Gasteiger partial charge >= 0.3 is 71.1 Å². The number of ether oxygens (including phenoxy) is 2. The van der Waals surface area contributed by atoms with Gasteiger partial charge in [0.1, 0.15) is 0 Å². The molecule has 40 heavy (non-hydrogen) atoms. The molecule has 0 unspecified atom stereocenters. The summed E-state index contributed by atoms with van der Waals surface area (Å²) in [5.41, 5.74) is 0. The van der Waals surface area contributed by atoms with Gasteiger partial charge in [-0.1, -0.05) is 64.2 Å². The Labute approximate surface area is 299 Å². The van der Waals surface area contributed by atoms with Crippen LogP contribution in [0, 0.1) is 71.0 Å². The summed E-state index contributed by atoms with van der Waals surface area (Å²) in [5, 5.41) is 0. The summed E-state index contributed by atoms with van der Waals surface area (Å²) in [4.78, 5) is 45.4. The Bertz CT molecular complexity index is 1200. The predicted octanol–water partition coefficient (Wildman–Crippen LogP) is -0.919. The van der Waals surface area contributed by atoms with E-state index < -0.39 is 32.7 Å². The smallest absolute Gasteiger partial charge is 0.790 e. The van der Waals surface area contributed by atoms with Gasteiger partial charge in [-0.3, -0.25) is 4.79 Å². The van der Waals surface area contributed by atoms with E-state index in [1.54, 1.807) is 6.92 Å². The van der Waals surface area contributed by atoms with Gasteiger partial charge in [-0.15, -0.1) is 0 Å². The van der Waals surface area contributed by atoms with E-state index in [4.69, 9.17) is 4.74 Å². The summed E-state index contributed by atoms with van der Waals surface area (Å²) in [6.07, 6.45) is 7.50. The number of carbonyl (C=O) groups is 2. The Morgan fingerprint density at radius 1 is 0.775 bits per heavy atom. The van der Waals surface area contributed by atoms with Crippen LogP contribution in [0.1, 0.15) is 93.7 Å². The van der Waals surface area contributed by atoms with E-state index in [1.165, 1.54) is 25.7 Å². The van der Waals surface area contributed by atoms with E-state index in [1.807, 2.05) is 5.92 Å². The number of phosphoric ester groups is 1. The largest absolute Gasteiger partial charge is 1.00 e. The summed E-state index contributed by atoms with van der Waals surface area (Å²) in [6.45, 7) is 2.97. The Kier molecular flexibility index (Phi) is 36.2. The summed E-state index contributed by atoms with van der Waals surface area (Å²) in [6, 6.07) is 0. The topological polar surface area (TPSA) is 160 Å². The van der Waals surface area contributed by atoms with Crippen LogP contribution in [0.3, 0.4) is 0 Å². The molecule has 0 aliphatic heterocycles. The molecule has 0 rings (SSSR count). The van der Waals surface area contributed by atoms with E-state index in [0.29, 0.717) is 6.42 Å². The fourth-order valence-corrected chi connectivity index (χ4v) is 2.98. The van der Waals surface area contributed by atoms with Crippen molar-refractivity contribution in [2.45, 2.75) is 84.3 Å². The van der Waals surface area contributed by atoms with E-state index in [-0.39, 0.29) is 87.4 Å². The quantitative estimate of drug-likeness (QED) is 0.0471. The number of hydrogen-bond acceptors (Lipinski definition) is 9. The average Bonchev–Trinajstić information content (AvgIpc) is 2.84. The molecular weight excluding hydrogens is 555 g/mol. The van der Waals surface area contributed by atoms with Crippen LogP contribution < -0.4 is 75.1 Å². The van der Waals surface area contributed by atoms with Crippen LogP contribution in [-0.4, -0.2) is 24.8 Å². The van der Waals surface area contributed by atoms with Crippen molar-refractivity contribution in [2.24, 2.45) is 0 Å².